The molecule has 0 saturated heterocycles. The lowest BCUT2D eigenvalue weighted by atomic mass is 9.83. The summed E-state index contributed by atoms with van der Waals surface area (Å²) >= 11 is 0. The van der Waals surface area contributed by atoms with E-state index in [1.54, 1.807) is 4.90 Å². The minimum Gasteiger partial charge on any atom is -0.349 e. The molecule has 1 fully saturated rings. The fourth-order valence-electron chi connectivity index (χ4n) is 2.72. The van der Waals surface area contributed by atoms with Gasteiger partial charge in [-0.1, -0.05) is 26.2 Å². The van der Waals surface area contributed by atoms with Gasteiger partial charge in [0.05, 0.1) is 0 Å². The van der Waals surface area contributed by atoms with Crippen LogP contribution in [0.25, 0.3) is 0 Å². The summed E-state index contributed by atoms with van der Waals surface area (Å²) in [7, 11) is 3.65. The van der Waals surface area contributed by atoms with Crippen molar-refractivity contribution in [3.8, 4) is 0 Å². The number of nitrogens with zero attached hydrogens (tertiary/aromatic N) is 1. The first-order valence-corrected chi connectivity index (χ1v) is 7.08. The second-order valence-electron chi connectivity index (χ2n) is 5.41. The summed E-state index contributed by atoms with van der Waals surface area (Å²) in [5.74, 6) is 1.09. The predicted molar refractivity (Wildman–Crippen MR) is 72.0 cm³/mol. The van der Waals surface area contributed by atoms with Crippen LogP contribution in [0.1, 0.15) is 51.9 Å². The number of nitrogens with one attached hydrogen (secondary N) is 1. The highest BCUT2D eigenvalue weighted by Gasteiger charge is 2.22. The van der Waals surface area contributed by atoms with E-state index in [0.717, 1.165) is 18.9 Å². The Labute approximate surface area is 106 Å². The second kappa shape index (κ2) is 7.70. The van der Waals surface area contributed by atoms with Gasteiger partial charge in [0.15, 0.2) is 0 Å². The number of amides is 1. The summed E-state index contributed by atoms with van der Waals surface area (Å²) in [4.78, 5) is 13.1. The maximum Gasteiger partial charge on any atom is 0.222 e. The zero-order chi connectivity index (χ0) is 12.7. The molecule has 1 aliphatic carbocycles. The van der Waals surface area contributed by atoms with Crippen LogP contribution in [-0.2, 0) is 4.79 Å². The Balaban J connectivity index is 2.14. The summed E-state index contributed by atoms with van der Waals surface area (Å²) in [6, 6.07) is 0.697. The first kappa shape index (κ1) is 14.5. The van der Waals surface area contributed by atoms with Crippen molar-refractivity contribution in [3.05, 3.63) is 0 Å². The first-order valence-electron chi connectivity index (χ1n) is 7.08. The third-order valence-corrected chi connectivity index (χ3v) is 3.91. The van der Waals surface area contributed by atoms with Gasteiger partial charge in [-0.15, -0.1) is 0 Å². The summed E-state index contributed by atoms with van der Waals surface area (Å²) in [5, 5.41) is 3.65. The van der Waals surface area contributed by atoms with E-state index in [0.29, 0.717) is 12.5 Å². The normalized spacial score (nSPS) is 24.6. The van der Waals surface area contributed by atoms with Crippen molar-refractivity contribution >= 4 is 5.91 Å². The first-order chi connectivity index (χ1) is 8.15. The Bertz CT molecular complexity index is 228. The Kier molecular flexibility index (Phi) is 6.56. The SMILES string of the molecule is CCC1CCCCC1NCCCC(=O)N(C)C. The molecule has 1 N–H and O–H groups in total. The lowest BCUT2D eigenvalue weighted by molar-refractivity contribution is -0.128. The van der Waals surface area contributed by atoms with E-state index in [1.807, 2.05) is 14.1 Å². The molecule has 2 unspecified atom stereocenters. The quantitative estimate of drug-likeness (QED) is 0.723. The van der Waals surface area contributed by atoms with Crippen LogP contribution in [0.2, 0.25) is 0 Å². The molecule has 0 spiro atoms. The topological polar surface area (TPSA) is 32.3 Å². The van der Waals surface area contributed by atoms with Gasteiger partial charge in [0.2, 0.25) is 5.91 Å². The number of hydrogen-bond acceptors (Lipinski definition) is 2. The minimum absolute atomic E-state index is 0.238. The van der Waals surface area contributed by atoms with Crippen molar-refractivity contribution in [2.75, 3.05) is 20.6 Å². The molecule has 1 aliphatic rings. The van der Waals surface area contributed by atoms with Crippen molar-refractivity contribution in [3.63, 3.8) is 0 Å². The van der Waals surface area contributed by atoms with Crippen LogP contribution >= 0.6 is 0 Å². The van der Waals surface area contributed by atoms with Gasteiger partial charge in [-0.05, 0) is 31.7 Å². The zero-order valence-corrected chi connectivity index (χ0v) is 11.7. The van der Waals surface area contributed by atoms with Crippen LogP contribution in [-0.4, -0.2) is 37.5 Å². The number of carbonyl (C=O) groups is 1. The molecule has 17 heavy (non-hydrogen) atoms. The lowest BCUT2D eigenvalue weighted by Crippen LogP contribution is -2.39. The van der Waals surface area contributed by atoms with Crippen molar-refractivity contribution in [1.82, 2.24) is 10.2 Å². The van der Waals surface area contributed by atoms with E-state index in [1.165, 1.54) is 32.1 Å². The van der Waals surface area contributed by atoms with Crippen LogP contribution in [0.4, 0.5) is 0 Å². The molecule has 0 aliphatic heterocycles. The van der Waals surface area contributed by atoms with E-state index in [2.05, 4.69) is 12.2 Å². The number of rotatable bonds is 6. The maximum atomic E-state index is 11.4. The molecule has 0 aromatic heterocycles. The van der Waals surface area contributed by atoms with Crippen LogP contribution in [0.5, 0.6) is 0 Å². The Morgan fingerprint density at radius 2 is 2.00 bits per heavy atom. The number of hydrogen-bond donors (Lipinski definition) is 1. The molecule has 0 heterocycles. The fraction of sp³-hybridized carbons (Fsp3) is 0.929. The zero-order valence-electron chi connectivity index (χ0n) is 11.7. The monoisotopic (exact) mass is 240 g/mol. The molecular formula is C14H28N2O. The summed E-state index contributed by atoms with van der Waals surface area (Å²) in [6.07, 6.45) is 8.38. The third-order valence-electron chi connectivity index (χ3n) is 3.91. The molecule has 2 atom stereocenters. The molecule has 0 aromatic rings. The van der Waals surface area contributed by atoms with Gasteiger partial charge in [0.25, 0.3) is 0 Å². The van der Waals surface area contributed by atoms with Gasteiger partial charge in [0, 0.05) is 26.6 Å². The van der Waals surface area contributed by atoms with Crippen molar-refractivity contribution in [1.29, 1.82) is 0 Å². The average Bonchev–Trinajstić information content (AvgIpc) is 2.34. The molecule has 3 nitrogen and oxygen atoms in total. The van der Waals surface area contributed by atoms with Gasteiger partial charge in [-0.25, -0.2) is 0 Å². The fourth-order valence-corrected chi connectivity index (χ4v) is 2.72. The van der Waals surface area contributed by atoms with Crippen LogP contribution in [0.15, 0.2) is 0 Å². The molecule has 0 bridgehead atoms. The Morgan fingerprint density at radius 1 is 1.29 bits per heavy atom. The maximum absolute atomic E-state index is 11.4. The molecule has 0 radical (unpaired) electrons. The lowest BCUT2D eigenvalue weighted by Gasteiger charge is -2.31. The van der Waals surface area contributed by atoms with E-state index in [9.17, 15) is 4.79 Å². The highest BCUT2D eigenvalue weighted by atomic mass is 16.2. The molecule has 3 heteroatoms. The van der Waals surface area contributed by atoms with Gasteiger partial charge in [-0.3, -0.25) is 4.79 Å². The Morgan fingerprint density at radius 3 is 2.65 bits per heavy atom. The van der Waals surface area contributed by atoms with E-state index in [4.69, 9.17) is 0 Å². The average molecular weight is 240 g/mol. The standard InChI is InChI=1S/C14H28N2O/c1-4-12-8-5-6-9-13(12)15-11-7-10-14(17)16(2)3/h12-13,15H,4-11H2,1-3H3. The van der Waals surface area contributed by atoms with E-state index < -0.39 is 0 Å². The summed E-state index contributed by atoms with van der Waals surface area (Å²) < 4.78 is 0. The smallest absolute Gasteiger partial charge is 0.222 e. The van der Waals surface area contributed by atoms with Crippen LogP contribution in [0.3, 0.4) is 0 Å². The Hall–Kier alpha value is -0.570. The third kappa shape index (κ3) is 5.07. The van der Waals surface area contributed by atoms with Crippen molar-refractivity contribution < 1.29 is 4.79 Å². The van der Waals surface area contributed by atoms with E-state index >= 15 is 0 Å². The van der Waals surface area contributed by atoms with E-state index in [-0.39, 0.29) is 5.91 Å². The van der Waals surface area contributed by atoms with Gasteiger partial charge in [0.1, 0.15) is 0 Å². The van der Waals surface area contributed by atoms with Gasteiger partial charge < -0.3 is 10.2 Å². The van der Waals surface area contributed by atoms with Crippen molar-refractivity contribution in [2.24, 2.45) is 5.92 Å². The largest absolute Gasteiger partial charge is 0.349 e. The molecule has 100 valence electrons. The second-order valence-corrected chi connectivity index (χ2v) is 5.41. The highest BCUT2D eigenvalue weighted by Crippen LogP contribution is 2.26. The predicted octanol–water partition coefficient (Wildman–Crippen LogP) is 2.41. The molecule has 0 aromatic carbocycles. The molecule has 1 saturated carbocycles. The van der Waals surface area contributed by atoms with Crippen molar-refractivity contribution in [2.45, 2.75) is 57.9 Å². The molecule has 1 amide bonds. The van der Waals surface area contributed by atoms with Crippen LogP contribution in [0, 0.1) is 5.92 Å². The molecule has 1 rings (SSSR count). The number of carbonyl (C=O) groups excluding carboxylic acids is 1. The van der Waals surface area contributed by atoms with Gasteiger partial charge in [-0.2, -0.15) is 0 Å². The molecular weight excluding hydrogens is 212 g/mol. The summed E-state index contributed by atoms with van der Waals surface area (Å²) in [6.45, 7) is 3.28. The summed E-state index contributed by atoms with van der Waals surface area (Å²) in [5.41, 5.74) is 0. The van der Waals surface area contributed by atoms with Crippen LogP contribution < -0.4 is 5.32 Å². The minimum atomic E-state index is 0.238. The van der Waals surface area contributed by atoms with Gasteiger partial charge >= 0.3 is 0 Å². The highest BCUT2D eigenvalue weighted by molar-refractivity contribution is 5.75.